The van der Waals surface area contributed by atoms with Gasteiger partial charge >= 0.3 is 0 Å². The largest absolute Gasteiger partial charge is 0.492 e. The molecule has 0 aromatic heterocycles. The Bertz CT molecular complexity index is 755. The third kappa shape index (κ3) is 4.57. The van der Waals surface area contributed by atoms with E-state index in [-0.39, 0.29) is 5.91 Å². The quantitative estimate of drug-likeness (QED) is 0.769. The highest BCUT2D eigenvalue weighted by Crippen LogP contribution is 2.48. The summed E-state index contributed by atoms with van der Waals surface area (Å²) >= 11 is 6.08. The second-order valence-corrected chi connectivity index (χ2v) is 7.51. The van der Waals surface area contributed by atoms with E-state index in [2.05, 4.69) is 10.2 Å². The third-order valence-corrected chi connectivity index (χ3v) is 4.98. The molecule has 2 aromatic rings. The van der Waals surface area contributed by atoms with E-state index >= 15 is 0 Å². The van der Waals surface area contributed by atoms with Gasteiger partial charge in [0.1, 0.15) is 12.4 Å². The van der Waals surface area contributed by atoms with Gasteiger partial charge in [-0.3, -0.25) is 4.79 Å². The van der Waals surface area contributed by atoms with Crippen molar-refractivity contribution < 1.29 is 9.53 Å². The lowest BCUT2D eigenvalue weighted by Crippen LogP contribution is -2.34. The van der Waals surface area contributed by atoms with Crippen LogP contribution in [0, 0.1) is 0 Å². The number of nitrogens with one attached hydrogen (secondary N) is 1. The Labute approximate surface area is 160 Å². The fourth-order valence-electron chi connectivity index (χ4n) is 2.96. The Kier molecular flexibility index (Phi) is 5.84. The number of rotatable bonds is 8. The Morgan fingerprint density at radius 3 is 2.54 bits per heavy atom. The van der Waals surface area contributed by atoms with Crippen LogP contribution in [0.2, 0.25) is 5.02 Å². The number of halogens is 1. The maximum absolute atomic E-state index is 12.7. The highest BCUT2D eigenvalue weighted by Gasteiger charge is 2.51. The topological polar surface area (TPSA) is 41.6 Å². The van der Waals surface area contributed by atoms with E-state index in [0.29, 0.717) is 18.2 Å². The SMILES string of the molecule is CN(C)CCOc1ccc(CNC(=O)C2(c3cccc(Cl)c3)CC2)cc1. The summed E-state index contributed by atoms with van der Waals surface area (Å²) in [5.74, 6) is 0.922. The molecule has 5 heteroatoms. The minimum Gasteiger partial charge on any atom is -0.492 e. The highest BCUT2D eigenvalue weighted by molar-refractivity contribution is 6.30. The minimum atomic E-state index is -0.403. The van der Waals surface area contributed by atoms with Gasteiger partial charge in [0, 0.05) is 18.1 Å². The summed E-state index contributed by atoms with van der Waals surface area (Å²) in [4.78, 5) is 14.8. The van der Waals surface area contributed by atoms with Crippen molar-refractivity contribution in [1.82, 2.24) is 10.2 Å². The molecule has 26 heavy (non-hydrogen) atoms. The van der Waals surface area contributed by atoms with Crippen LogP contribution in [0.1, 0.15) is 24.0 Å². The lowest BCUT2D eigenvalue weighted by Gasteiger charge is -2.16. The number of carbonyl (C=O) groups excluding carboxylic acids is 1. The van der Waals surface area contributed by atoms with Crippen LogP contribution in [-0.4, -0.2) is 38.1 Å². The molecule has 0 atom stereocenters. The summed E-state index contributed by atoms with van der Waals surface area (Å²) < 4.78 is 5.69. The zero-order chi connectivity index (χ0) is 18.6. The summed E-state index contributed by atoms with van der Waals surface area (Å²) in [7, 11) is 4.04. The van der Waals surface area contributed by atoms with E-state index in [1.807, 2.05) is 62.6 Å². The van der Waals surface area contributed by atoms with Gasteiger partial charge in [-0.25, -0.2) is 0 Å². The number of hydrogen-bond acceptors (Lipinski definition) is 3. The smallest absolute Gasteiger partial charge is 0.230 e. The summed E-state index contributed by atoms with van der Waals surface area (Å²) in [5, 5.41) is 3.74. The Morgan fingerprint density at radius 2 is 1.92 bits per heavy atom. The van der Waals surface area contributed by atoms with Crippen molar-refractivity contribution in [3.05, 3.63) is 64.7 Å². The average Bonchev–Trinajstić information content (AvgIpc) is 3.42. The van der Waals surface area contributed by atoms with Crippen molar-refractivity contribution >= 4 is 17.5 Å². The van der Waals surface area contributed by atoms with Crippen LogP contribution in [-0.2, 0) is 16.8 Å². The maximum atomic E-state index is 12.7. The fraction of sp³-hybridized carbons (Fsp3) is 0.381. The van der Waals surface area contributed by atoms with Crippen LogP contribution >= 0.6 is 11.6 Å². The van der Waals surface area contributed by atoms with Gasteiger partial charge in [0.25, 0.3) is 0 Å². The number of carbonyl (C=O) groups is 1. The van der Waals surface area contributed by atoms with Crippen LogP contribution in [0.15, 0.2) is 48.5 Å². The Hall–Kier alpha value is -2.04. The lowest BCUT2D eigenvalue weighted by molar-refractivity contribution is -0.123. The first-order chi connectivity index (χ1) is 12.5. The van der Waals surface area contributed by atoms with Gasteiger partial charge in [0.2, 0.25) is 5.91 Å². The molecule has 1 amide bonds. The number of nitrogens with zero attached hydrogens (tertiary/aromatic N) is 1. The lowest BCUT2D eigenvalue weighted by atomic mass is 9.95. The van der Waals surface area contributed by atoms with E-state index < -0.39 is 5.41 Å². The maximum Gasteiger partial charge on any atom is 0.230 e. The van der Waals surface area contributed by atoms with Gasteiger partial charge in [0.15, 0.2) is 0 Å². The molecule has 0 spiro atoms. The molecule has 1 aliphatic rings. The summed E-state index contributed by atoms with van der Waals surface area (Å²) in [6.07, 6.45) is 1.75. The second kappa shape index (κ2) is 8.11. The van der Waals surface area contributed by atoms with Crippen molar-refractivity contribution in [2.45, 2.75) is 24.8 Å². The zero-order valence-corrected chi connectivity index (χ0v) is 16.1. The fourth-order valence-corrected chi connectivity index (χ4v) is 3.15. The number of ether oxygens (including phenoxy) is 1. The van der Waals surface area contributed by atoms with E-state index in [1.54, 1.807) is 0 Å². The normalized spacial score (nSPS) is 14.9. The van der Waals surface area contributed by atoms with Crippen LogP contribution in [0.25, 0.3) is 0 Å². The molecule has 0 saturated heterocycles. The molecule has 0 bridgehead atoms. The van der Waals surface area contributed by atoms with E-state index in [9.17, 15) is 4.79 Å². The molecule has 1 aliphatic carbocycles. The number of likely N-dealkylation sites (N-methyl/N-ethyl adjacent to an activating group) is 1. The molecule has 138 valence electrons. The molecule has 0 heterocycles. The van der Waals surface area contributed by atoms with Gasteiger partial charge < -0.3 is 15.0 Å². The standard InChI is InChI=1S/C21H25ClN2O2/c1-24(2)12-13-26-19-8-6-16(7-9-19)15-23-20(25)21(10-11-21)17-4-3-5-18(22)14-17/h3-9,14H,10-13,15H2,1-2H3,(H,23,25). The van der Waals surface area contributed by atoms with Gasteiger partial charge in [-0.05, 0) is 62.3 Å². The van der Waals surface area contributed by atoms with Crippen molar-refractivity contribution in [3.8, 4) is 5.75 Å². The average molecular weight is 373 g/mol. The van der Waals surface area contributed by atoms with Crippen LogP contribution in [0.3, 0.4) is 0 Å². The molecule has 3 rings (SSSR count). The van der Waals surface area contributed by atoms with Crippen LogP contribution in [0.5, 0.6) is 5.75 Å². The summed E-state index contributed by atoms with van der Waals surface area (Å²) in [6, 6.07) is 15.5. The molecule has 2 aromatic carbocycles. The summed E-state index contributed by atoms with van der Waals surface area (Å²) in [5.41, 5.74) is 1.66. The van der Waals surface area contributed by atoms with Gasteiger partial charge in [0.05, 0.1) is 5.41 Å². The number of hydrogen-bond donors (Lipinski definition) is 1. The second-order valence-electron chi connectivity index (χ2n) is 7.07. The van der Waals surface area contributed by atoms with Gasteiger partial charge in [-0.1, -0.05) is 35.9 Å². The molecule has 1 saturated carbocycles. The number of benzene rings is 2. The van der Waals surface area contributed by atoms with Crippen LogP contribution in [0.4, 0.5) is 0 Å². The first kappa shape index (κ1) is 18.7. The zero-order valence-electron chi connectivity index (χ0n) is 15.3. The third-order valence-electron chi connectivity index (χ3n) is 4.75. The Balaban J connectivity index is 1.53. The van der Waals surface area contributed by atoms with Gasteiger partial charge in [-0.2, -0.15) is 0 Å². The summed E-state index contributed by atoms with van der Waals surface area (Å²) in [6.45, 7) is 2.05. The molecule has 4 nitrogen and oxygen atoms in total. The highest BCUT2D eigenvalue weighted by atomic mass is 35.5. The molecular weight excluding hydrogens is 348 g/mol. The van der Waals surface area contributed by atoms with Crippen molar-refractivity contribution in [2.24, 2.45) is 0 Å². The molecule has 0 radical (unpaired) electrons. The van der Waals surface area contributed by atoms with Crippen LogP contribution < -0.4 is 10.1 Å². The molecule has 0 unspecified atom stereocenters. The van der Waals surface area contributed by atoms with Crippen molar-refractivity contribution in [1.29, 1.82) is 0 Å². The predicted octanol–water partition coefficient (Wildman–Crippen LogP) is 3.63. The van der Waals surface area contributed by atoms with E-state index in [0.717, 1.165) is 36.3 Å². The monoisotopic (exact) mass is 372 g/mol. The molecular formula is C21H25ClN2O2. The van der Waals surface area contributed by atoms with Crippen molar-refractivity contribution in [3.63, 3.8) is 0 Å². The van der Waals surface area contributed by atoms with E-state index in [1.165, 1.54) is 0 Å². The first-order valence-corrected chi connectivity index (χ1v) is 9.28. The van der Waals surface area contributed by atoms with Crippen molar-refractivity contribution in [2.75, 3.05) is 27.2 Å². The van der Waals surface area contributed by atoms with Gasteiger partial charge in [-0.15, -0.1) is 0 Å². The van der Waals surface area contributed by atoms with E-state index in [4.69, 9.17) is 16.3 Å². The molecule has 0 aliphatic heterocycles. The number of amides is 1. The minimum absolute atomic E-state index is 0.0751. The molecule has 1 N–H and O–H groups in total. The first-order valence-electron chi connectivity index (χ1n) is 8.90. The molecule has 1 fully saturated rings. The predicted molar refractivity (Wildman–Crippen MR) is 105 cm³/mol. The Morgan fingerprint density at radius 1 is 1.19 bits per heavy atom.